The molecule has 1 saturated heterocycles. The van der Waals surface area contributed by atoms with Crippen LogP contribution in [0.5, 0.6) is 0 Å². The molecule has 4 heteroatoms. The third-order valence-electron chi connectivity index (χ3n) is 3.25. The topological polar surface area (TPSA) is 51.2 Å². The zero-order valence-electron chi connectivity index (χ0n) is 11.0. The third-order valence-corrected chi connectivity index (χ3v) is 3.25. The molecule has 0 radical (unpaired) electrons. The highest BCUT2D eigenvalue weighted by Crippen LogP contribution is 2.17. The first kappa shape index (κ1) is 13.0. The van der Waals surface area contributed by atoms with E-state index in [2.05, 4.69) is 24.1 Å². The van der Waals surface area contributed by atoms with Gasteiger partial charge in [0.05, 0.1) is 6.61 Å². The van der Waals surface area contributed by atoms with Gasteiger partial charge >= 0.3 is 0 Å². The van der Waals surface area contributed by atoms with Gasteiger partial charge in [-0.1, -0.05) is 19.9 Å². The molecule has 1 aliphatic rings. The van der Waals surface area contributed by atoms with Gasteiger partial charge in [-0.3, -0.25) is 9.78 Å². The molecule has 1 aromatic rings. The van der Waals surface area contributed by atoms with Crippen LogP contribution in [0.4, 0.5) is 0 Å². The van der Waals surface area contributed by atoms with Crippen LogP contribution in [0.15, 0.2) is 18.3 Å². The van der Waals surface area contributed by atoms with Crippen molar-refractivity contribution in [3.8, 4) is 0 Å². The van der Waals surface area contributed by atoms with Crippen LogP contribution in [-0.2, 0) is 4.74 Å². The number of aromatic nitrogens is 1. The lowest BCUT2D eigenvalue weighted by atomic mass is 10.0. The molecule has 2 heterocycles. The third kappa shape index (κ3) is 3.07. The number of carbonyl (C=O) groups is 1. The normalized spacial score (nSPS) is 19.2. The predicted molar refractivity (Wildman–Crippen MR) is 69.6 cm³/mol. The van der Waals surface area contributed by atoms with Crippen LogP contribution in [0.1, 0.15) is 42.2 Å². The van der Waals surface area contributed by atoms with Gasteiger partial charge in [0, 0.05) is 25.3 Å². The average molecular weight is 248 g/mol. The van der Waals surface area contributed by atoms with Gasteiger partial charge in [0.2, 0.25) is 0 Å². The van der Waals surface area contributed by atoms with Crippen molar-refractivity contribution in [1.29, 1.82) is 0 Å². The molecule has 1 aromatic heterocycles. The number of rotatable bonds is 4. The molecule has 0 spiro atoms. The standard InChI is InChI=1S/C14H20N2O2/c1-10(2)12-4-3-6-15-13(12)14(17)16-8-11-5-7-18-9-11/h3-4,6,10-11H,5,7-9H2,1-2H3,(H,16,17). The summed E-state index contributed by atoms with van der Waals surface area (Å²) in [5.74, 6) is 0.667. The summed E-state index contributed by atoms with van der Waals surface area (Å²) < 4.78 is 5.29. The van der Waals surface area contributed by atoms with Gasteiger partial charge in [-0.2, -0.15) is 0 Å². The molecule has 98 valence electrons. The Balaban J connectivity index is 1.99. The molecule has 1 N–H and O–H groups in total. The van der Waals surface area contributed by atoms with E-state index < -0.39 is 0 Å². The zero-order chi connectivity index (χ0) is 13.0. The van der Waals surface area contributed by atoms with Gasteiger partial charge in [0.15, 0.2) is 0 Å². The molecule has 4 nitrogen and oxygen atoms in total. The summed E-state index contributed by atoms with van der Waals surface area (Å²) in [5.41, 5.74) is 1.55. The quantitative estimate of drug-likeness (QED) is 0.886. The molecular weight excluding hydrogens is 228 g/mol. The Morgan fingerprint density at radius 1 is 1.61 bits per heavy atom. The lowest BCUT2D eigenvalue weighted by molar-refractivity contribution is 0.0938. The van der Waals surface area contributed by atoms with Crippen molar-refractivity contribution in [2.45, 2.75) is 26.2 Å². The number of amides is 1. The lowest BCUT2D eigenvalue weighted by Gasteiger charge is -2.13. The second-order valence-corrected chi connectivity index (χ2v) is 5.04. The summed E-state index contributed by atoms with van der Waals surface area (Å²) in [6.45, 7) is 6.37. The predicted octanol–water partition coefficient (Wildman–Crippen LogP) is 1.97. The number of nitrogens with one attached hydrogen (secondary N) is 1. The summed E-state index contributed by atoms with van der Waals surface area (Å²) in [5, 5.41) is 2.95. The summed E-state index contributed by atoms with van der Waals surface area (Å²) in [6, 6.07) is 3.84. The van der Waals surface area contributed by atoms with Crippen molar-refractivity contribution in [3.05, 3.63) is 29.6 Å². The van der Waals surface area contributed by atoms with Crippen LogP contribution in [0, 0.1) is 5.92 Å². The summed E-state index contributed by atoms with van der Waals surface area (Å²) >= 11 is 0. The van der Waals surface area contributed by atoms with E-state index >= 15 is 0 Å². The van der Waals surface area contributed by atoms with Crippen LogP contribution in [-0.4, -0.2) is 30.6 Å². The molecule has 1 fully saturated rings. The Morgan fingerprint density at radius 3 is 3.11 bits per heavy atom. The maximum absolute atomic E-state index is 12.1. The summed E-state index contributed by atoms with van der Waals surface area (Å²) in [7, 11) is 0. The number of nitrogens with zero attached hydrogens (tertiary/aromatic N) is 1. The Hall–Kier alpha value is -1.42. The van der Waals surface area contributed by atoms with E-state index in [4.69, 9.17) is 4.74 Å². The molecule has 2 rings (SSSR count). The van der Waals surface area contributed by atoms with Crippen molar-refractivity contribution in [1.82, 2.24) is 10.3 Å². The zero-order valence-corrected chi connectivity index (χ0v) is 11.0. The highest BCUT2D eigenvalue weighted by atomic mass is 16.5. The van der Waals surface area contributed by atoms with E-state index in [1.165, 1.54) is 0 Å². The summed E-state index contributed by atoms with van der Waals surface area (Å²) in [4.78, 5) is 16.3. The Labute approximate surface area is 108 Å². The maximum atomic E-state index is 12.1. The second-order valence-electron chi connectivity index (χ2n) is 5.04. The van der Waals surface area contributed by atoms with Gasteiger partial charge in [-0.25, -0.2) is 0 Å². The maximum Gasteiger partial charge on any atom is 0.270 e. The van der Waals surface area contributed by atoms with E-state index in [0.29, 0.717) is 24.1 Å². The van der Waals surface area contributed by atoms with Crippen molar-refractivity contribution in [2.24, 2.45) is 5.92 Å². The van der Waals surface area contributed by atoms with Crippen LogP contribution in [0.2, 0.25) is 0 Å². The molecule has 1 atom stereocenters. The van der Waals surface area contributed by atoms with Crippen molar-refractivity contribution in [2.75, 3.05) is 19.8 Å². The largest absolute Gasteiger partial charge is 0.381 e. The molecule has 0 bridgehead atoms. The van der Waals surface area contributed by atoms with E-state index in [1.807, 2.05) is 12.1 Å². The van der Waals surface area contributed by atoms with E-state index in [9.17, 15) is 4.79 Å². The van der Waals surface area contributed by atoms with E-state index in [0.717, 1.165) is 25.2 Å². The minimum Gasteiger partial charge on any atom is -0.381 e. The number of pyridine rings is 1. The van der Waals surface area contributed by atoms with Crippen molar-refractivity contribution >= 4 is 5.91 Å². The molecular formula is C14H20N2O2. The fraction of sp³-hybridized carbons (Fsp3) is 0.571. The van der Waals surface area contributed by atoms with Crippen LogP contribution >= 0.6 is 0 Å². The molecule has 0 aliphatic carbocycles. The van der Waals surface area contributed by atoms with Gasteiger partial charge in [0.1, 0.15) is 5.69 Å². The molecule has 1 amide bonds. The van der Waals surface area contributed by atoms with Gasteiger partial charge in [0.25, 0.3) is 5.91 Å². The molecule has 0 aromatic carbocycles. The summed E-state index contributed by atoms with van der Waals surface area (Å²) in [6.07, 6.45) is 2.69. The highest BCUT2D eigenvalue weighted by Gasteiger charge is 2.19. The number of ether oxygens (including phenoxy) is 1. The minimum atomic E-state index is -0.0776. The lowest BCUT2D eigenvalue weighted by Crippen LogP contribution is -2.31. The average Bonchev–Trinajstić information content (AvgIpc) is 2.89. The van der Waals surface area contributed by atoms with Gasteiger partial charge < -0.3 is 10.1 Å². The van der Waals surface area contributed by atoms with E-state index in [-0.39, 0.29) is 5.91 Å². The number of hydrogen-bond acceptors (Lipinski definition) is 3. The van der Waals surface area contributed by atoms with Gasteiger partial charge in [-0.05, 0) is 24.0 Å². The molecule has 0 saturated carbocycles. The number of hydrogen-bond donors (Lipinski definition) is 1. The SMILES string of the molecule is CC(C)c1cccnc1C(=O)NCC1CCOC1. The first-order valence-electron chi connectivity index (χ1n) is 6.49. The van der Waals surface area contributed by atoms with Crippen LogP contribution in [0.25, 0.3) is 0 Å². The number of carbonyl (C=O) groups excluding carboxylic acids is 1. The second kappa shape index (κ2) is 5.96. The van der Waals surface area contributed by atoms with Crippen molar-refractivity contribution < 1.29 is 9.53 Å². The fourth-order valence-corrected chi connectivity index (χ4v) is 2.14. The van der Waals surface area contributed by atoms with Gasteiger partial charge in [-0.15, -0.1) is 0 Å². The first-order valence-corrected chi connectivity index (χ1v) is 6.49. The van der Waals surface area contributed by atoms with Crippen LogP contribution in [0.3, 0.4) is 0 Å². The van der Waals surface area contributed by atoms with Crippen LogP contribution < -0.4 is 5.32 Å². The minimum absolute atomic E-state index is 0.0776. The first-order chi connectivity index (χ1) is 8.68. The monoisotopic (exact) mass is 248 g/mol. The molecule has 18 heavy (non-hydrogen) atoms. The Bertz CT molecular complexity index is 412. The highest BCUT2D eigenvalue weighted by molar-refractivity contribution is 5.93. The van der Waals surface area contributed by atoms with Crippen molar-refractivity contribution in [3.63, 3.8) is 0 Å². The smallest absolute Gasteiger partial charge is 0.270 e. The molecule has 1 unspecified atom stereocenters. The fourth-order valence-electron chi connectivity index (χ4n) is 2.14. The molecule has 1 aliphatic heterocycles. The Morgan fingerprint density at radius 2 is 2.44 bits per heavy atom. The Kier molecular flexibility index (Phi) is 4.31. The van der Waals surface area contributed by atoms with E-state index in [1.54, 1.807) is 6.20 Å².